The van der Waals surface area contributed by atoms with Crippen molar-refractivity contribution in [3.63, 3.8) is 0 Å². The summed E-state index contributed by atoms with van der Waals surface area (Å²) in [6.07, 6.45) is 0.397. The summed E-state index contributed by atoms with van der Waals surface area (Å²) < 4.78 is 5.39. The van der Waals surface area contributed by atoms with Crippen LogP contribution in [0.4, 0.5) is 0 Å². The molecule has 116 valence electrons. The first-order valence-electron chi connectivity index (χ1n) is 7.43. The molecule has 0 saturated heterocycles. The van der Waals surface area contributed by atoms with Crippen LogP contribution < -0.4 is 4.74 Å². The highest BCUT2D eigenvalue weighted by atomic mass is 16.5. The molecular formula is C19H22O3. The van der Waals surface area contributed by atoms with Gasteiger partial charge in [-0.05, 0) is 29.5 Å². The largest absolute Gasteiger partial charge is 0.496 e. The molecule has 1 unspecified atom stereocenters. The average molecular weight is 298 g/mol. The van der Waals surface area contributed by atoms with Crippen molar-refractivity contribution in [3.05, 3.63) is 65.7 Å². The van der Waals surface area contributed by atoms with Crippen LogP contribution in [0.25, 0.3) is 0 Å². The van der Waals surface area contributed by atoms with E-state index in [9.17, 15) is 9.90 Å². The number of carboxylic acid groups (broad SMARTS) is 1. The summed E-state index contributed by atoms with van der Waals surface area (Å²) >= 11 is 0. The highest BCUT2D eigenvalue weighted by Gasteiger charge is 2.43. The summed E-state index contributed by atoms with van der Waals surface area (Å²) in [5, 5.41) is 10.0. The molecule has 2 rings (SSSR count). The van der Waals surface area contributed by atoms with Crippen LogP contribution in [0.2, 0.25) is 0 Å². The Morgan fingerprint density at radius 3 is 2.23 bits per heavy atom. The van der Waals surface area contributed by atoms with Crippen molar-refractivity contribution in [1.29, 1.82) is 0 Å². The maximum absolute atomic E-state index is 12.2. The fourth-order valence-electron chi connectivity index (χ4n) is 2.97. The van der Waals surface area contributed by atoms with E-state index in [2.05, 4.69) is 0 Å². The summed E-state index contributed by atoms with van der Waals surface area (Å²) in [7, 11) is 1.61. The van der Waals surface area contributed by atoms with Crippen molar-refractivity contribution in [1.82, 2.24) is 0 Å². The Hall–Kier alpha value is -2.29. The van der Waals surface area contributed by atoms with E-state index in [4.69, 9.17) is 4.74 Å². The SMILES string of the molecule is COc1ccccc1CC(C(=O)O)(c1ccccc1)C(C)C. The lowest BCUT2D eigenvalue weighted by Gasteiger charge is -2.34. The molecule has 0 aromatic heterocycles. The zero-order valence-corrected chi connectivity index (χ0v) is 13.2. The van der Waals surface area contributed by atoms with Gasteiger partial charge >= 0.3 is 5.97 Å². The Morgan fingerprint density at radius 2 is 1.68 bits per heavy atom. The number of hydrogen-bond acceptors (Lipinski definition) is 2. The van der Waals surface area contributed by atoms with Gasteiger partial charge in [-0.2, -0.15) is 0 Å². The Balaban J connectivity index is 2.57. The number of rotatable bonds is 6. The second-order valence-electron chi connectivity index (χ2n) is 5.79. The van der Waals surface area contributed by atoms with E-state index >= 15 is 0 Å². The molecule has 1 N–H and O–H groups in total. The molecule has 0 aliphatic carbocycles. The van der Waals surface area contributed by atoms with Crippen LogP contribution in [0.3, 0.4) is 0 Å². The Labute approximate surface area is 131 Å². The number of para-hydroxylation sites is 1. The minimum Gasteiger partial charge on any atom is -0.496 e. The number of aliphatic carboxylic acids is 1. The van der Waals surface area contributed by atoms with E-state index in [0.717, 1.165) is 16.9 Å². The first-order chi connectivity index (χ1) is 10.5. The summed E-state index contributed by atoms with van der Waals surface area (Å²) in [6, 6.07) is 17.1. The third-order valence-electron chi connectivity index (χ3n) is 4.32. The zero-order valence-electron chi connectivity index (χ0n) is 13.2. The van der Waals surface area contributed by atoms with E-state index in [1.807, 2.05) is 68.4 Å². The molecule has 0 bridgehead atoms. The fourth-order valence-corrected chi connectivity index (χ4v) is 2.97. The molecule has 3 nitrogen and oxygen atoms in total. The quantitative estimate of drug-likeness (QED) is 0.879. The van der Waals surface area contributed by atoms with Crippen LogP contribution in [-0.4, -0.2) is 18.2 Å². The molecule has 0 fully saturated rings. The molecule has 0 heterocycles. The number of ether oxygens (including phenoxy) is 1. The number of methoxy groups -OCH3 is 1. The maximum atomic E-state index is 12.2. The summed E-state index contributed by atoms with van der Waals surface area (Å²) in [4.78, 5) is 12.2. The monoisotopic (exact) mass is 298 g/mol. The second kappa shape index (κ2) is 6.65. The lowest BCUT2D eigenvalue weighted by molar-refractivity contribution is -0.145. The Bertz CT molecular complexity index is 634. The van der Waals surface area contributed by atoms with Gasteiger partial charge in [0.1, 0.15) is 5.75 Å². The minimum atomic E-state index is -0.976. The number of hydrogen-bond donors (Lipinski definition) is 1. The normalized spacial score (nSPS) is 13.6. The first kappa shape index (κ1) is 16.1. The summed E-state index contributed by atoms with van der Waals surface area (Å²) in [5.74, 6) is -0.137. The van der Waals surface area contributed by atoms with Crippen LogP contribution in [0, 0.1) is 5.92 Å². The standard InChI is InChI=1S/C19H22O3/c1-14(2)19(18(20)21,16-10-5-4-6-11-16)13-15-9-7-8-12-17(15)22-3/h4-12,14H,13H2,1-3H3,(H,20,21). The molecule has 2 aromatic carbocycles. The van der Waals surface area contributed by atoms with Crippen LogP contribution in [0.1, 0.15) is 25.0 Å². The minimum absolute atomic E-state index is 0.0580. The van der Waals surface area contributed by atoms with Crippen molar-refractivity contribution in [2.75, 3.05) is 7.11 Å². The van der Waals surface area contributed by atoms with Crippen LogP contribution in [0.5, 0.6) is 5.75 Å². The van der Waals surface area contributed by atoms with Gasteiger partial charge in [-0.15, -0.1) is 0 Å². The molecule has 0 saturated carbocycles. The highest BCUT2D eigenvalue weighted by Crippen LogP contribution is 2.38. The van der Waals surface area contributed by atoms with Crippen molar-refractivity contribution < 1.29 is 14.6 Å². The van der Waals surface area contributed by atoms with Gasteiger partial charge < -0.3 is 9.84 Å². The molecule has 3 heteroatoms. The lowest BCUT2D eigenvalue weighted by Crippen LogP contribution is -2.43. The van der Waals surface area contributed by atoms with Crippen molar-refractivity contribution >= 4 is 5.97 Å². The van der Waals surface area contributed by atoms with Gasteiger partial charge in [0.05, 0.1) is 12.5 Å². The smallest absolute Gasteiger partial charge is 0.314 e. The predicted molar refractivity (Wildman–Crippen MR) is 87.3 cm³/mol. The molecule has 0 spiro atoms. The number of carboxylic acids is 1. The van der Waals surface area contributed by atoms with Crippen molar-refractivity contribution in [3.8, 4) is 5.75 Å². The van der Waals surface area contributed by atoms with Crippen molar-refractivity contribution in [2.24, 2.45) is 5.92 Å². The lowest BCUT2D eigenvalue weighted by atomic mass is 9.68. The van der Waals surface area contributed by atoms with Gasteiger partial charge in [0.25, 0.3) is 0 Å². The van der Waals surface area contributed by atoms with E-state index in [1.165, 1.54) is 0 Å². The molecule has 22 heavy (non-hydrogen) atoms. The third-order valence-corrected chi connectivity index (χ3v) is 4.32. The highest BCUT2D eigenvalue weighted by molar-refractivity contribution is 5.82. The molecule has 2 aromatic rings. The molecule has 0 aliphatic rings. The Kier molecular flexibility index (Phi) is 4.86. The summed E-state index contributed by atoms with van der Waals surface area (Å²) in [6.45, 7) is 3.91. The average Bonchev–Trinajstić information content (AvgIpc) is 2.53. The molecule has 0 aliphatic heterocycles. The first-order valence-corrected chi connectivity index (χ1v) is 7.43. The van der Waals surface area contributed by atoms with Gasteiger partial charge in [0, 0.05) is 0 Å². The number of benzene rings is 2. The van der Waals surface area contributed by atoms with E-state index < -0.39 is 11.4 Å². The van der Waals surface area contributed by atoms with Crippen LogP contribution in [0.15, 0.2) is 54.6 Å². The maximum Gasteiger partial charge on any atom is 0.314 e. The topological polar surface area (TPSA) is 46.5 Å². The van der Waals surface area contributed by atoms with Crippen LogP contribution >= 0.6 is 0 Å². The molecule has 0 radical (unpaired) electrons. The van der Waals surface area contributed by atoms with E-state index in [0.29, 0.717) is 6.42 Å². The van der Waals surface area contributed by atoms with Gasteiger partial charge in [0.15, 0.2) is 0 Å². The number of carbonyl (C=O) groups is 1. The Morgan fingerprint density at radius 1 is 1.09 bits per heavy atom. The fraction of sp³-hybridized carbons (Fsp3) is 0.316. The third kappa shape index (κ3) is 2.84. The van der Waals surface area contributed by atoms with Gasteiger partial charge in [-0.1, -0.05) is 62.4 Å². The summed E-state index contributed by atoms with van der Waals surface area (Å²) in [5.41, 5.74) is 0.754. The predicted octanol–water partition coefficient (Wildman–Crippen LogP) is 3.92. The zero-order chi connectivity index (χ0) is 16.2. The van der Waals surface area contributed by atoms with Gasteiger partial charge in [0.2, 0.25) is 0 Å². The molecule has 0 amide bonds. The van der Waals surface area contributed by atoms with Gasteiger partial charge in [-0.3, -0.25) is 4.79 Å². The van der Waals surface area contributed by atoms with E-state index in [-0.39, 0.29) is 5.92 Å². The van der Waals surface area contributed by atoms with Crippen LogP contribution in [-0.2, 0) is 16.6 Å². The van der Waals surface area contributed by atoms with Gasteiger partial charge in [-0.25, -0.2) is 0 Å². The molecular weight excluding hydrogens is 276 g/mol. The second-order valence-corrected chi connectivity index (χ2v) is 5.79. The molecule has 1 atom stereocenters. The van der Waals surface area contributed by atoms with E-state index in [1.54, 1.807) is 7.11 Å². The van der Waals surface area contributed by atoms with Crippen molar-refractivity contribution in [2.45, 2.75) is 25.7 Å².